The summed E-state index contributed by atoms with van der Waals surface area (Å²) in [5, 5.41) is 3.24. The molecule has 1 heterocycles. The minimum Gasteiger partial charge on any atom is -0.313 e. The zero-order chi connectivity index (χ0) is 11.5. The third-order valence-corrected chi connectivity index (χ3v) is 2.91. The van der Waals surface area contributed by atoms with Crippen molar-refractivity contribution >= 4 is 0 Å². The molecule has 1 aromatic carbocycles. The lowest BCUT2D eigenvalue weighted by molar-refractivity contribution is 0.651. The SMILES string of the molecule is CNC(C)c1cccc(-n2ccnc2C)c1. The Morgan fingerprint density at radius 2 is 2.19 bits per heavy atom. The highest BCUT2D eigenvalue weighted by atomic mass is 15.1. The summed E-state index contributed by atoms with van der Waals surface area (Å²) in [6.07, 6.45) is 3.81. The van der Waals surface area contributed by atoms with Crippen molar-refractivity contribution < 1.29 is 0 Å². The smallest absolute Gasteiger partial charge is 0.110 e. The van der Waals surface area contributed by atoms with Crippen LogP contribution in [0.5, 0.6) is 0 Å². The Morgan fingerprint density at radius 3 is 2.81 bits per heavy atom. The second-order valence-electron chi connectivity index (χ2n) is 3.95. The molecule has 0 radical (unpaired) electrons. The number of rotatable bonds is 3. The molecule has 1 atom stereocenters. The average molecular weight is 215 g/mol. The lowest BCUT2D eigenvalue weighted by Gasteiger charge is -2.13. The van der Waals surface area contributed by atoms with Gasteiger partial charge >= 0.3 is 0 Å². The van der Waals surface area contributed by atoms with E-state index in [2.05, 4.69) is 46.1 Å². The summed E-state index contributed by atoms with van der Waals surface area (Å²) in [4.78, 5) is 4.24. The molecule has 3 heteroatoms. The lowest BCUT2D eigenvalue weighted by atomic mass is 10.1. The normalized spacial score (nSPS) is 12.7. The molecule has 3 nitrogen and oxygen atoms in total. The molecule has 2 aromatic rings. The van der Waals surface area contributed by atoms with E-state index in [1.807, 2.05) is 26.4 Å². The maximum Gasteiger partial charge on any atom is 0.110 e. The number of hydrogen-bond donors (Lipinski definition) is 1. The maximum atomic E-state index is 4.24. The van der Waals surface area contributed by atoms with Crippen molar-refractivity contribution in [2.75, 3.05) is 7.05 Å². The first-order valence-electron chi connectivity index (χ1n) is 5.50. The largest absolute Gasteiger partial charge is 0.313 e. The van der Waals surface area contributed by atoms with Gasteiger partial charge in [0.05, 0.1) is 0 Å². The van der Waals surface area contributed by atoms with Gasteiger partial charge in [-0.15, -0.1) is 0 Å². The van der Waals surface area contributed by atoms with Crippen LogP contribution >= 0.6 is 0 Å². The predicted molar refractivity (Wildman–Crippen MR) is 65.8 cm³/mol. The van der Waals surface area contributed by atoms with Crippen molar-refractivity contribution in [1.82, 2.24) is 14.9 Å². The van der Waals surface area contributed by atoms with Gasteiger partial charge in [0, 0.05) is 24.1 Å². The zero-order valence-electron chi connectivity index (χ0n) is 9.94. The van der Waals surface area contributed by atoms with Gasteiger partial charge in [-0.25, -0.2) is 4.98 Å². The van der Waals surface area contributed by atoms with Crippen molar-refractivity contribution in [1.29, 1.82) is 0 Å². The third kappa shape index (κ3) is 1.99. The van der Waals surface area contributed by atoms with Crippen molar-refractivity contribution in [2.45, 2.75) is 19.9 Å². The van der Waals surface area contributed by atoms with Gasteiger partial charge in [0.25, 0.3) is 0 Å². The monoisotopic (exact) mass is 215 g/mol. The highest BCUT2D eigenvalue weighted by Gasteiger charge is 2.05. The molecule has 0 spiro atoms. The van der Waals surface area contributed by atoms with E-state index in [1.54, 1.807) is 0 Å². The molecule has 0 fully saturated rings. The molecule has 1 unspecified atom stereocenters. The van der Waals surface area contributed by atoms with Crippen LogP contribution in [0.1, 0.15) is 24.4 Å². The minimum atomic E-state index is 0.365. The second-order valence-corrected chi connectivity index (χ2v) is 3.95. The Hall–Kier alpha value is -1.61. The number of aryl methyl sites for hydroxylation is 1. The third-order valence-electron chi connectivity index (χ3n) is 2.91. The molecule has 0 aliphatic rings. The van der Waals surface area contributed by atoms with E-state index < -0.39 is 0 Å². The van der Waals surface area contributed by atoms with Gasteiger partial charge in [0.15, 0.2) is 0 Å². The summed E-state index contributed by atoms with van der Waals surface area (Å²) in [5.74, 6) is 1.01. The fourth-order valence-corrected chi connectivity index (χ4v) is 1.76. The molecule has 2 rings (SSSR count). The quantitative estimate of drug-likeness (QED) is 0.852. The molecule has 0 saturated heterocycles. The van der Waals surface area contributed by atoms with Crippen molar-refractivity contribution in [3.05, 3.63) is 48.0 Å². The number of aromatic nitrogens is 2. The summed E-state index contributed by atoms with van der Waals surface area (Å²) in [6, 6.07) is 8.87. The van der Waals surface area contributed by atoms with E-state index in [0.717, 1.165) is 11.5 Å². The molecule has 1 N–H and O–H groups in total. The molecule has 0 aliphatic heterocycles. The second kappa shape index (κ2) is 4.49. The molecule has 1 aromatic heterocycles. The maximum absolute atomic E-state index is 4.24. The number of nitrogens with zero attached hydrogens (tertiary/aromatic N) is 2. The van der Waals surface area contributed by atoms with Crippen LogP contribution in [0.15, 0.2) is 36.7 Å². The topological polar surface area (TPSA) is 29.9 Å². The molecule has 84 valence electrons. The van der Waals surface area contributed by atoms with E-state index in [4.69, 9.17) is 0 Å². The van der Waals surface area contributed by atoms with Gasteiger partial charge in [0.1, 0.15) is 5.82 Å². The van der Waals surface area contributed by atoms with Crippen LogP contribution < -0.4 is 5.32 Å². The lowest BCUT2D eigenvalue weighted by Crippen LogP contribution is -2.12. The molecule has 0 aliphatic carbocycles. The van der Waals surface area contributed by atoms with Gasteiger partial charge < -0.3 is 9.88 Å². The summed E-state index contributed by atoms with van der Waals surface area (Å²) in [5.41, 5.74) is 2.45. The Balaban J connectivity index is 2.40. The first-order chi connectivity index (χ1) is 7.72. The summed E-state index contributed by atoms with van der Waals surface area (Å²) >= 11 is 0. The van der Waals surface area contributed by atoms with E-state index >= 15 is 0 Å². The van der Waals surface area contributed by atoms with Gasteiger partial charge in [0.2, 0.25) is 0 Å². The number of benzene rings is 1. The number of imidazole rings is 1. The highest BCUT2D eigenvalue weighted by Crippen LogP contribution is 2.17. The fourth-order valence-electron chi connectivity index (χ4n) is 1.76. The van der Waals surface area contributed by atoms with Gasteiger partial charge in [-0.2, -0.15) is 0 Å². The standard InChI is InChI=1S/C13H17N3/c1-10(14-3)12-5-4-6-13(9-12)16-8-7-15-11(16)2/h4-10,14H,1-3H3. The summed E-state index contributed by atoms with van der Waals surface area (Å²) in [7, 11) is 1.97. The van der Waals surface area contributed by atoms with Crippen LogP contribution in [0.2, 0.25) is 0 Å². The minimum absolute atomic E-state index is 0.365. The number of nitrogens with one attached hydrogen (secondary N) is 1. The average Bonchev–Trinajstić information content (AvgIpc) is 2.74. The zero-order valence-corrected chi connectivity index (χ0v) is 9.94. The van der Waals surface area contributed by atoms with Gasteiger partial charge in [-0.1, -0.05) is 12.1 Å². The molecule has 0 amide bonds. The van der Waals surface area contributed by atoms with Gasteiger partial charge in [-0.05, 0) is 38.6 Å². The van der Waals surface area contributed by atoms with E-state index in [-0.39, 0.29) is 0 Å². The van der Waals surface area contributed by atoms with Crippen LogP contribution in [0.25, 0.3) is 5.69 Å². The summed E-state index contributed by atoms with van der Waals surface area (Å²) in [6.45, 7) is 4.16. The van der Waals surface area contributed by atoms with E-state index in [0.29, 0.717) is 6.04 Å². The Kier molecular flexibility index (Phi) is 3.06. The predicted octanol–water partition coefficient (Wildman–Crippen LogP) is 2.46. The first kappa shape index (κ1) is 10.9. The van der Waals surface area contributed by atoms with Crippen LogP contribution in [-0.2, 0) is 0 Å². The Labute approximate surface area is 96.1 Å². The molecule has 0 saturated carbocycles. The van der Waals surface area contributed by atoms with E-state index in [9.17, 15) is 0 Å². The van der Waals surface area contributed by atoms with Crippen LogP contribution in [0.3, 0.4) is 0 Å². The van der Waals surface area contributed by atoms with Crippen LogP contribution in [0, 0.1) is 6.92 Å². The van der Waals surface area contributed by atoms with Crippen molar-refractivity contribution in [3.8, 4) is 5.69 Å². The highest BCUT2D eigenvalue weighted by molar-refractivity contribution is 5.38. The molecule has 16 heavy (non-hydrogen) atoms. The Morgan fingerprint density at radius 1 is 1.38 bits per heavy atom. The molecular weight excluding hydrogens is 198 g/mol. The summed E-state index contributed by atoms with van der Waals surface area (Å²) < 4.78 is 2.09. The van der Waals surface area contributed by atoms with Crippen LogP contribution in [-0.4, -0.2) is 16.6 Å². The molecule has 0 bridgehead atoms. The molecular formula is C13H17N3. The van der Waals surface area contributed by atoms with Gasteiger partial charge in [-0.3, -0.25) is 0 Å². The van der Waals surface area contributed by atoms with Crippen molar-refractivity contribution in [2.24, 2.45) is 0 Å². The van der Waals surface area contributed by atoms with Crippen LogP contribution in [0.4, 0.5) is 0 Å². The Bertz CT molecular complexity index is 474. The van der Waals surface area contributed by atoms with E-state index in [1.165, 1.54) is 5.56 Å². The first-order valence-corrected chi connectivity index (χ1v) is 5.50. The fraction of sp³-hybridized carbons (Fsp3) is 0.308. The van der Waals surface area contributed by atoms with Crippen molar-refractivity contribution in [3.63, 3.8) is 0 Å². The number of hydrogen-bond acceptors (Lipinski definition) is 2.